The Balaban J connectivity index is 2.01. The SMILES string of the molecule is COc1ccc(COc2ccc(N(C)C)c(N)c2)cc1. The molecular weight excluding hydrogens is 252 g/mol. The summed E-state index contributed by atoms with van der Waals surface area (Å²) in [5, 5.41) is 0. The zero-order chi connectivity index (χ0) is 14.5. The van der Waals surface area contributed by atoms with Gasteiger partial charge in [-0.3, -0.25) is 0 Å². The lowest BCUT2D eigenvalue weighted by atomic mass is 10.2. The molecule has 0 unspecified atom stereocenters. The Labute approximate surface area is 119 Å². The van der Waals surface area contributed by atoms with Gasteiger partial charge in [-0.05, 0) is 29.8 Å². The van der Waals surface area contributed by atoms with Crippen LogP contribution in [0.5, 0.6) is 11.5 Å². The van der Waals surface area contributed by atoms with Gasteiger partial charge < -0.3 is 20.1 Å². The molecule has 2 rings (SSSR count). The van der Waals surface area contributed by atoms with E-state index < -0.39 is 0 Å². The lowest BCUT2D eigenvalue weighted by Crippen LogP contribution is -2.11. The van der Waals surface area contributed by atoms with E-state index in [0.29, 0.717) is 12.3 Å². The van der Waals surface area contributed by atoms with Gasteiger partial charge in [0.2, 0.25) is 0 Å². The molecule has 0 saturated heterocycles. The van der Waals surface area contributed by atoms with Crippen LogP contribution < -0.4 is 20.1 Å². The van der Waals surface area contributed by atoms with Crippen molar-refractivity contribution in [3.05, 3.63) is 48.0 Å². The third-order valence-electron chi connectivity index (χ3n) is 3.05. The standard InChI is InChI=1S/C16H20N2O2/c1-18(2)16-9-8-14(10-15(16)17)20-11-12-4-6-13(19-3)7-5-12/h4-10H,11,17H2,1-3H3. The third kappa shape index (κ3) is 3.35. The molecule has 4 nitrogen and oxygen atoms in total. The van der Waals surface area contributed by atoms with Crippen LogP contribution in [0, 0.1) is 0 Å². The Hall–Kier alpha value is -2.36. The quantitative estimate of drug-likeness (QED) is 0.850. The zero-order valence-corrected chi connectivity index (χ0v) is 12.1. The molecule has 2 N–H and O–H groups in total. The number of hydrogen-bond acceptors (Lipinski definition) is 4. The number of hydrogen-bond donors (Lipinski definition) is 1. The normalized spacial score (nSPS) is 10.2. The van der Waals surface area contributed by atoms with Gasteiger partial charge in [0, 0.05) is 20.2 Å². The Bertz CT molecular complexity index is 565. The maximum atomic E-state index is 5.99. The summed E-state index contributed by atoms with van der Waals surface area (Å²) in [5.41, 5.74) is 8.77. The van der Waals surface area contributed by atoms with E-state index in [0.717, 1.165) is 22.7 Å². The second kappa shape index (κ2) is 6.19. The lowest BCUT2D eigenvalue weighted by Gasteiger charge is -2.16. The number of anilines is 2. The Morgan fingerprint density at radius 1 is 1.00 bits per heavy atom. The Morgan fingerprint density at radius 2 is 1.65 bits per heavy atom. The molecule has 0 bridgehead atoms. The predicted octanol–water partition coefficient (Wildman–Crippen LogP) is 2.92. The average molecular weight is 272 g/mol. The van der Waals surface area contributed by atoms with Crippen molar-refractivity contribution in [3.63, 3.8) is 0 Å². The molecule has 0 aliphatic heterocycles. The van der Waals surface area contributed by atoms with Crippen LogP contribution >= 0.6 is 0 Å². The zero-order valence-electron chi connectivity index (χ0n) is 12.1. The van der Waals surface area contributed by atoms with Gasteiger partial charge in [-0.1, -0.05) is 12.1 Å². The number of rotatable bonds is 5. The highest BCUT2D eigenvalue weighted by atomic mass is 16.5. The Morgan fingerprint density at radius 3 is 2.20 bits per heavy atom. The predicted molar refractivity (Wildman–Crippen MR) is 82.5 cm³/mol. The van der Waals surface area contributed by atoms with Crippen molar-refractivity contribution in [3.8, 4) is 11.5 Å². The number of nitrogens with two attached hydrogens (primary N) is 1. The molecule has 0 saturated carbocycles. The molecule has 0 heterocycles. The molecule has 0 amide bonds. The van der Waals surface area contributed by atoms with Crippen molar-refractivity contribution in [1.29, 1.82) is 0 Å². The van der Waals surface area contributed by atoms with E-state index in [4.69, 9.17) is 15.2 Å². The van der Waals surface area contributed by atoms with Crippen molar-refractivity contribution < 1.29 is 9.47 Å². The van der Waals surface area contributed by atoms with E-state index in [1.165, 1.54) is 0 Å². The first-order valence-electron chi connectivity index (χ1n) is 6.42. The minimum atomic E-state index is 0.505. The van der Waals surface area contributed by atoms with Crippen LogP contribution in [0.15, 0.2) is 42.5 Å². The van der Waals surface area contributed by atoms with Crippen LogP contribution in [-0.4, -0.2) is 21.2 Å². The summed E-state index contributed by atoms with van der Waals surface area (Å²) in [6, 6.07) is 13.5. The van der Waals surface area contributed by atoms with E-state index >= 15 is 0 Å². The van der Waals surface area contributed by atoms with Gasteiger partial charge in [-0.15, -0.1) is 0 Å². The van der Waals surface area contributed by atoms with Crippen molar-refractivity contribution in [2.75, 3.05) is 31.8 Å². The highest BCUT2D eigenvalue weighted by molar-refractivity contribution is 5.68. The molecule has 106 valence electrons. The number of nitrogen functional groups attached to an aromatic ring is 1. The van der Waals surface area contributed by atoms with Gasteiger partial charge in [0.25, 0.3) is 0 Å². The fourth-order valence-electron chi connectivity index (χ4n) is 1.92. The van der Waals surface area contributed by atoms with Gasteiger partial charge in [0.15, 0.2) is 0 Å². The first-order valence-corrected chi connectivity index (χ1v) is 6.42. The summed E-state index contributed by atoms with van der Waals surface area (Å²) in [5.74, 6) is 1.61. The van der Waals surface area contributed by atoms with Gasteiger partial charge in [0.05, 0.1) is 18.5 Å². The second-order valence-electron chi connectivity index (χ2n) is 4.75. The molecule has 0 fully saturated rings. The molecule has 0 spiro atoms. The Kier molecular flexibility index (Phi) is 4.35. The van der Waals surface area contributed by atoms with Crippen LogP contribution in [0.2, 0.25) is 0 Å². The summed E-state index contributed by atoms with van der Waals surface area (Å²) in [4.78, 5) is 1.97. The molecule has 2 aromatic rings. The van der Waals surface area contributed by atoms with Crippen molar-refractivity contribution in [2.45, 2.75) is 6.61 Å². The van der Waals surface area contributed by atoms with E-state index in [-0.39, 0.29) is 0 Å². The molecule has 0 aliphatic carbocycles. The highest BCUT2D eigenvalue weighted by Gasteiger charge is 2.04. The van der Waals surface area contributed by atoms with Crippen LogP contribution in [-0.2, 0) is 6.61 Å². The van der Waals surface area contributed by atoms with Crippen LogP contribution in [0.1, 0.15) is 5.56 Å². The van der Waals surface area contributed by atoms with Crippen molar-refractivity contribution >= 4 is 11.4 Å². The highest BCUT2D eigenvalue weighted by Crippen LogP contribution is 2.26. The molecule has 0 aromatic heterocycles. The first kappa shape index (κ1) is 14.1. The van der Waals surface area contributed by atoms with Gasteiger partial charge >= 0.3 is 0 Å². The minimum absolute atomic E-state index is 0.505. The summed E-state index contributed by atoms with van der Waals surface area (Å²) >= 11 is 0. The second-order valence-corrected chi connectivity index (χ2v) is 4.75. The summed E-state index contributed by atoms with van der Waals surface area (Å²) in [7, 11) is 5.58. The number of nitrogens with zero attached hydrogens (tertiary/aromatic N) is 1. The smallest absolute Gasteiger partial charge is 0.122 e. The van der Waals surface area contributed by atoms with Gasteiger partial charge in [0.1, 0.15) is 18.1 Å². The molecular formula is C16H20N2O2. The minimum Gasteiger partial charge on any atom is -0.497 e. The van der Waals surface area contributed by atoms with Crippen molar-refractivity contribution in [2.24, 2.45) is 0 Å². The van der Waals surface area contributed by atoms with Crippen LogP contribution in [0.3, 0.4) is 0 Å². The number of methoxy groups -OCH3 is 1. The number of benzene rings is 2. The van der Waals surface area contributed by atoms with E-state index in [1.807, 2.05) is 61.5 Å². The van der Waals surface area contributed by atoms with E-state index in [1.54, 1.807) is 7.11 Å². The fraction of sp³-hybridized carbons (Fsp3) is 0.250. The first-order chi connectivity index (χ1) is 9.60. The molecule has 0 radical (unpaired) electrons. The molecule has 0 aliphatic rings. The summed E-state index contributed by atoms with van der Waals surface area (Å²) < 4.78 is 10.9. The summed E-state index contributed by atoms with van der Waals surface area (Å²) in [6.45, 7) is 0.505. The van der Waals surface area contributed by atoms with Crippen molar-refractivity contribution in [1.82, 2.24) is 0 Å². The molecule has 20 heavy (non-hydrogen) atoms. The largest absolute Gasteiger partial charge is 0.497 e. The topological polar surface area (TPSA) is 47.7 Å². The number of ether oxygens (including phenoxy) is 2. The summed E-state index contributed by atoms with van der Waals surface area (Å²) in [6.07, 6.45) is 0. The van der Waals surface area contributed by atoms with Gasteiger partial charge in [-0.25, -0.2) is 0 Å². The molecule has 2 aromatic carbocycles. The maximum absolute atomic E-state index is 5.99. The van der Waals surface area contributed by atoms with E-state index in [9.17, 15) is 0 Å². The average Bonchev–Trinajstić information content (AvgIpc) is 2.45. The molecule has 0 atom stereocenters. The lowest BCUT2D eigenvalue weighted by molar-refractivity contribution is 0.306. The molecule has 4 heteroatoms. The maximum Gasteiger partial charge on any atom is 0.122 e. The third-order valence-corrected chi connectivity index (χ3v) is 3.05. The van der Waals surface area contributed by atoms with Gasteiger partial charge in [-0.2, -0.15) is 0 Å². The van der Waals surface area contributed by atoms with Crippen LogP contribution in [0.4, 0.5) is 11.4 Å². The van der Waals surface area contributed by atoms with E-state index in [2.05, 4.69) is 0 Å². The van der Waals surface area contributed by atoms with Crippen LogP contribution in [0.25, 0.3) is 0 Å². The monoisotopic (exact) mass is 272 g/mol. The fourth-order valence-corrected chi connectivity index (χ4v) is 1.92.